The van der Waals surface area contributed by atoms with Crippen molar-refractivity contribution in [3.63, 3.8) is 0 Å². The third kappa shape index (κ3) is 6.95. The Morgan fingerprint density at radius 3 is 2.17 bits per heavy atom. The Morgan fingerprint density at radius 1 is 1.04 bits per heavy atom. The van der Waals surface area contributed by atoms with E-state index in [1.165, 1.54) is 0 Å². The van der Waals surface area contributed by atoms with Gasteiger partial charge in [0.2, 0.25) is 11.8 Å². The lowest BCUT2D eigenvalue weighted by Gasteiger charge is -2.18. The van der Waals surface area contributed by atoms with Crippen LogP contribution >= 0.6 is 0 Å². The molecule has 0 bridgehead atoms. The van der Waals surface area contributed by atoms with Crippen molar-refractivity contribution in [3.8, 4) is 0 Å². The van der Waals surface area contributed by atoms with Gasteiger partial charge in [0, 0.05) is 31.6 Å². The van der Waals surface area contributed by atoms with Crippen LogP contribution in [0.3, 0.4) is 0 Å². The van der Waals surface area contributed by atoms with Crippen LogP contribution in [-0.2, 0) is 20.8 Å². The van der Waals surface area contributed by atoms with Gasteiger partial charge in [-0.3, -0.25) is 14.4 Å². The number of hydrogen-bond donors (Lipinski definition) is 2. The molecule has 0 fully saturated rings. The summed E-state index contributed by atoms with van der Waals surface area (Å²) in [6.07, 6.45) is 1.12. The summed E-state index contributed by atoms with van der Waals surface area (Å²) in [6.45, 7) is 5.23. The molecule has 6 heteroatoms. The second-order valence-electron chi connectivity index (χ2n) is 5.24. The van der Waals surface area contributed by atoms with Crippen LogP contribution in [0.25, 0.3) is 0 Å². The largest absolute Gasteiger partial charge is 0.481 e. The molecule has 0 aromatic heterocycles. The number of amides is 2. The minimum atomic E-state index is -0.889. The van der Waals surface area contributed by atoms with Crippen LogP contribution in [0, 0.1) is 0 Å². The molecule has 2 N–H and O–H groups in total. The average molecular weight is 320 g/mol. The topological polar surface area (TPSA) is 86.7 Å². The molecule has 2 amide bonds. The second kappa shape index (κ2) is 9.61. The highest BCUT2D eigenvalue weighted by Gasteiger charge is 2.10. The van der Waals surface area contributed by atoms with Gasteiger partial charge in [0.1, 0.15) is 0 Å². The van der Waals surface area contributed by atoms with E-state index in [0.29, 0.717) is 37.2 Å². The van der Waals surface area contributed by atoms with Crippen molar-refractivity contribution < 1.29 is 19.5 Å². The van der Waals surface area contributed by atoms with Gasteiger partial charge in [-0.15, -0.1) is 0 Å². The van der Waals surface area contributed by atoms with Crippen molar-refractivity contribution in [2.45, 2.75) is 39.5 Å². The number of benzene rings is 1. The Balaban J connectivity index is 2.36. The molecule has 0 atom stereocenters. The van der Waals surface area contributed by atoms with Crippen LogP contribution in [0.2, 0.25) is 0 Å². The monoisotopic (exact) mass is 320 g/mol. The van der Waals surface area contributed by atoms with Crippen LogP contribution in [0.1, 0.15) is 38.7 Å². The van der Waals surface area contributed by atoms with E-state index in [2.05, 4.69) is 5.32 Å². The van der Waals surface area contributed by atoms with Crippen molar-refractivity contribution in [1.29, 1.82) is 0 Å². The van der Waals surface area contributed by atoms with Crippen LogP contribution in [-0.4, -0.2) is 40.9 Å². The third-order valence-corrected chi connectivity index (χ3v) is 3.50. The van der Waals surface area contributed by atoms with E-state index in [1.807, 2.05) is 13.8 Å². The highest BCUT2D eigenvalue weighted by atomic mass is 16.4. The van der Waals surface area contributed by atoms with Crippen LogP contribution in [0.15, 0.2) is 24.3 Å². The van der Waals surface area contributed by atoms with Crippen molar-refractivity contribution in [3.05, 3.63) is 29.8 Å². The maximum absolute atomic E-state index is 11.8. The lowest BCUT2D eigenvalue weighted by Crippen LogP contribution is -2.30. The van der Waals surface area contributed by atoms with Gasteiger partial charge in [-0.2, -0.15) is 0 Å². The van der Waals surface area contributed by atoms with Crippen LogP contribution in [0.4, 0.5) is 5.69 Å². The van der Waals surface area contributed by atoms with Gasteiger partial charge >= 0.3 is 5.97 Å². The highest BCUT2D eigenvalue weighted by molar-refractivity contribution is 5.91. The molecule has 0 saturated carbocycles. The van der Waals surface area contributed by atoms with Crippen LogP contribution in [0.5, 0.6) is 0 Å². The zero-order valence-corrected chi connectivity index (χ0v) is 13.7. The summed E-state index contributed by atoms with van der Waals surface area (Å²) >= 11 is 0. The van der Waals surface area contributed by atoms with Gasteiger partial charge in [-0.25, -0.2) is 0 Å². The van der Waals surface area contributed by atoms with Gasteiger partial charge in [-0.1, -0.05) is 12.1 Å². The first-order valence-corrected chi connectivity index (χ1v) is 7.84. The van der Waals surface area contributed by atoms with Crippen LogP contribution < -0.4 is 5.32 Å². The highest BCUT2D eigenvalue weighted by Crippen LogP contribution is 2.11. The van der Waals surface area contributed by atoms with Gasteiger partial charge < -0.3 is 15.3 Å². The molecule has 126 valence electrons. The fourth-order valence-electron chi connectivity index (χ4n) is 2.24. The smallest absolute Gasteiger partial charge is 0.307 e. The summed E-state index contributed by atoms with van der Waals surface area (Å²) in [5, 5.41) is 11.4. The van der Waals surface area contributed by atoms with Gasteiger partial charge in [0.15, 0.2) is 0 Å². The third-order valence-electron chi connectivity index (χ3n) is 3.50. The summed E-state index contributed by atoms with van der Waals surface area (Å²) in [5.74, 6) is -0.969. The molecule has 1 aromatic carbocycles. The van der Waals surface area contributed by atoms with E-state index in [-0.39, 0.29) is 24.7 Å². The number of carbonyl (C=O) groups excluding carboxylic acids is 2. The number of hydrogen-bond acceptors (Lipinski definition) is 3. The van der Waals surface area contributed by atoms with E-state index < -0.39 is 5.97 Å². The average Bonchev–Trinajstić information content (AvgIpc) is 2.50. The first-order valence-electron chi connectivity index (χ1n) is 7.84. The molecule has 0 aliphatic carbocycles. The minimum Gasteiger partial charge on any atom is -0.481 e. The Hall–Kier alpha value is -2.37. The van der Waals surface area contributed by atoms with Crippen molar-refractivity contribution in [2.24, 2.45) is 0 Å². The molecule has 23 heavy (non-hydrogen) atoms. The SMILES string of the molecule is CCN(CC)C(=O)CCCC(=O)Nc1ccc(CC(=O)O)cc1. The number of nitrogens with one attached hydrogen (secondary N) is 1. The predicted octanol–water partition coefficient (Wildman–Crippen LogP) is 2.29. The fourth-order valence-corrected chi connectivity index (χ4v) is 2.24. The first kappa shape index (κ1) is 18.7. The summed E-state index contributed by atoms with van der Waals surface area (Å²) in [4.78, 5) is 36.0. The van der Waals surface area contributed by atoms with E-state index in [4.69, 9.17) is 5.11 Å². The molecule has 0 aliphatic rings. The quantitative estimate of drug-likeness (QED) is 0.731. The molecular weight excluding hydrogens is 296 g/mol. The Kier molecular flexibility index (Phi) is 7.80. The molecule has 6 nitrogen and oxygen atoms in total. The summed E-state index contributed by atoms with van der Waals surface area (Å²) in [6, 6.07) is 6.70. The molecule has 0 spiro atoms. The Labute approximate surface area is 136 Å². The van der Waals surface area contributed by atoms with Crippen molar-refractivity contribution in [1.82, 2.24) is 4.90 Å². The molecule has 0 radical (unpaired) electrons. The number of rotatable bonds is 9. The first-order chi connectivity index (χ1) is 11.0. The molecule has 0 heterocycles. The summed E-state index contributed by atoms with van der Waals surface area (Å²) < 4.78 is 0. The van der Waals surface area contributed by atoms with E-state index >= 15 is 0 Å². The molecule has 1 aromatic rings. The maximum atomic E-state index is 11.8. The summed E-state index contributed by atoms with van der Waals surface area (Å²) in [7, 11) is 0. The van der Waals surface area contributed by atoms with Gasteiger partial charge in [-0.05, 0) is 38.0 Å². The van der Waals surface area contributed by atoms with Crippen molar-refractivity contribution in [2.75, 3.05) is 18.4 Å². The zero-order chi connectivity index (χ0) is 17.2. The lowest BCUT2D eigenvalue weighted by molar-refractivity contribution is -0.136. The number of carboxylic acid groups (broad SMARTS) is 1. The normalized spacial score (nSPS) is 10.2. The molecular formula is C17H24N2O4. The number of aliphatic carboxylic acids is 1. The molecule has 0 saturated heterocycles. The standard InChI is InChI=1S/C17H24N2O4/c1-3-19(4-2)16(21)7-5-6-15(20)18-14-10-8-13(9-11-14)12-17(22)23/h8-11H,3-7,12H2,1-2H3,(H,18,20)(H,22,23). The van der Waals surface area contributed by atoms with Gasteiger partial charge in [0.05, 0.1) is 6.42 Å². The molecule has 0 aliphatic heterocycles. The Morgan fingerprint density at radius 2 is 1.65 bits per heavy atom. The zero-order valence-electron chi connectivity index (χ0n) is 13.7. The molecule has 1 rings (SSSR count). The Bertz CT molecular complexity index is 536. The van der Waals surface area contributed by atoms with E-state index in [9.17, 15) is 14.4 Å². The summed E-state index contributed by atoms with van der Waals surface area (Å²) in [5.41, 5.74) is 1.31. The lowest BCUT2D eigenvalue weighted by atomic mass is 10.1. The van der Waals surface area contributed by atoms with Gasteiger partial charge in [0.25, 0.3) is 0 Å². The molecule has 0 unspecified atom stereocenters. The van der Waals surface area contributed by atoms with E-state index in [0.717, 1.165) is 0 Å². The number of carboxylic acids is 1. The van der Waals surface area contributed by atoms with E-state index in [1.54, 1.807) is 29.2 Å². The number of anilines is 1. The number of carbonyl (C=O) groups is 3. The number of nitrogens with zero attached hydrogens (tertiary/aromatic N) is 1. The predicted molar refractivity (Wildman–Crippen MR) is 88.2 cm³/mol. The maximum Gasteiger partial charge on any atom is 0.307 e. The fraction of sp³-hybridized carbons (Fsp3) is 0.471. The minimum absolute atomic E-state index is 0.0400. The second-order valence-corrected chi connectivity index (χ2v) is 5.24. The van der Waals surface area contributed by atoms with Crippen molar-refractivity contribution >= 4 is 23.5 Å².